The van der Waals surface area contributed by atoms with E-state index in [2.05, 4.69) is 33.4 Å². The van der Waals surface area contributed by atoms with E-state index in [0.29, 0.717) is 6.61 Å². The Hall–Kier alpha value is -0.380. The van der Waals surface area contributed by atoms with Crippen molar-refractivity contribution in [2.75, 3.05) is 13.2 Å². The van der Waals surface area contributed by atoms with E-state index < -0.39 is 0 Å². The van der Waals surface area contributed by atoms with Crippen molar-refractivity contribution in [3.05, 3.63) is 34.3 Å². The number of nitrogens with one attached hydrogen (secondary N) is 1. The molecule has 1 fully saturated rings. The van der Waals surface area contributed by atoms with Crippen LogP contribution in [0.15, 0.2) is 28.7 Å². The average molecular weight is 270 g/mol. The molecule has 2 rings (SSSR count). The van der Waals surface area contributed by atoms with Gasteiger partial charge in [-0.05, 0) is 30.5 Å². The first kappa shape index (κ1) is 11.1. The van der Waals surface area contributed by atoms with Crippen LogP contribution in [-0.4, -0.2) is 19.2 Å². The van der Waals surface area contributed by atoms with Gasteiger partial charge in [0.05, 0.1) is 13.2 Å². The van der Waals surface area contributed by atoms with Gasteiger partial charge in [-0.2, -0.15) is 0 Å². The fourth-order valence-electron chi connectivity index (χ4n) is 1.39. The topological polar surface area (TPSA) is 21.3 Å². The number of rotatable bonds is 6. The Balaban J connectivity index is 1.58. The van der Waals surface area contributed by atoms with Crippen molar-refractivity contribution in [3.8, 4) is 0 Å². The van der Waals surface area contributed by atoms with E-state index >= 15 is 0 Å². The minimum absolute atomic E-state index is 0.708. The number of ether oxygens (including phenoxy) is 1. The van der Waals surface area contributed by atoms with Crippen LogP contribution in [0.2, 0.25) is 0 Å². The van der Waals surface area contributed by atoms with E-state index in [1.807, 2.05) is 12.1 Å². The Labute approximate surface area is 99.1 Å². The quantitative estimate of drug-likeness (QED) is 0.802. The molecule has 0 spiro atoms. The number of halogens is 1. The van der Waals surface area contributed by atoms with Gasteiger partial charge in [-0.1, -0.05) is 28.1 Å². The normalized spacial score (nSPS) is 15.5. The van der Waals surface area contributed by atoms with Crippen LogP contribution in [0.1, 0.15) is 18.4 Å². The van der Waals surface area contributed by atoms with Crippen molar-refractivity contribution >= 4 is 15.9 Å². The summed E-state index contributed by atoms with van der Waals surface area (Å²) < 4.78 is 6.67. The lowest BCUT2D eigenvalue weighted by Gasteiger charge is -2.05. The number of benzene rings is 1. The second kappa shape index (κ2) is 5.64. The van der Waals surface area contributed by atoms with Crippen molar-refractivity contribution < 1.29 is 4.74 Å². The molecule has 0 amide bonds. The third-order valence-electron chi connectivity index (χ3n) is 2.44. The molecule has 0 heterocycles. The minimum atomic E-state index is 0.708. The molecule has 1 N–H and O–H groups in total. The maximum absolute atomic E-state index is 5.56. The lowest BCUT2D eigenvalue weighted by molar-refractivity contribution is 0.122. The Morgan fingerprint density at radius 1 is 1.27 bits per heavy atom. The maximum Gasteiger partial charge on any atom is 0.0717 e. The van der Waals surface area contributed by atoms with Gasteiger partial charge in [0.25, 0.3) is 0 Å². The molecule has 0 aliphatic heterocycles. The summed E-state index contributed by atoms with van der Waals surface area (Å²) in [7, 11) is 0. The highest BCUT2D eigenvalue weighted by Crippen LogP contribution is 2.18. The zero-order valence-electron chi connectivity index (χ0n) is 8.71. The Morgan fingerprint density at radius 2 is 2.00 bits per heavy atom. The van der Waals surface area contributed by atoms with Gasteiger partial charge >= 0.3 is 0 Å². The van der Waals surface area contributed by atoms with Gasteiger partial charge in [-0.25, -0.2) is 0 Å². The molecule has 1 aliphatic rings. The maximum atomic E-state index is 5.56. The smallest absolute Gasteiger partial charge is 0.0717 e. The largest absolute Gasteiger partial charge is 0.375 e. The molecule has 1 aromatic rings. The molecule has 0 bridgehead atoms. The standard InChI is InChI=1S/C12H16BrNO/c13-11-3-1-10(2-4-11)9-15-8-7-14-12-5-6-12/h1-4,12,14H,5-9H2. The fourth-order valence-corrected chi connectivity index (χ4v) is 1.66. The Morgan fingerprint density at radius 3 is 2.67 bits per heavy atom. The molecule has 1 saturated carbocycles. The minimum Gasteiger partial charge on any atom is -0.375 e. The number of hydrogen-bond donors (Lipinski definition) is 1. The molecule has 0 atom stereocenters. The van der Waals surface area contributed by atoms with Gasteiger partial charge in [0.1, 0.15) is 0 Å². The van der Waals surface area contributed by atoms with Crippen LogP contribution in [0.5, 0.6) is 0 Å². The van der Waals surface area contributed by atoms with Gasteiger partial charge < -0.3 is 10.1 Å². The Kier molecular flexibility index (Phi) is 4.18. The average Bonchev–Trinajstić information content (AvgIpc) is 3.04. The van der Waals surface area contributed by atoms with Crippen LogP contribution in [-0.2, 0) is 11.3 Å². The summed E-state index contributed by atoms with van der Waals surface area (Å²) >= 11 is 3.41. The van der Waals surface area contributed by atoms with E-state index in [4.69, 9.17) is 4.74 Å². The van der Waals surface area contributed by atoms with Crippen LogP contribution in [0.4, 0.5) is 0 Å². The van der Waals surface area contributed by atoms with Crippen LogP contribution in [0.3, 0.4) is 0 Å². The molecular weight excluding hydrogens is 254 g/mol. The van der Waals surface area contributed by atoms with Crippen molar-refractivity contribution in [2.24, 2.45) is 0 Å². The van der Waals surface area contributed by atoms with Crippen LogP contribution < -0.4 is 5.32 Å². The van der Waals surface area contributed by atoms with Gasteiger partial charge in [-0.15, -0.1) is 0 Å². The summed E-state index contributed by atoms with van der Waals surface area (Å²) in [5, 5.41) is 3.42. The molecule has 15 heavy (non-hydrogen) atoms. The fraction of sp³-hybridized carbons (Fsp3) is 0.500. The van der Waals surface area contributed by atoms with E-state index in [0.717, 1.165) is 23.7 Å². The van der Waals surface area contributed by atoms with E-state index in [9.17, 15) is 0 Å². The molecule has 1 aliphatic carbocycles. The van der Waals surface area contributed by atoms with Gasteiger partial charge in [0, 0.05) is 17.1 Å². The molecule has 0 radical (unpaired) electrons. The van der Waals surface area contributed by atoms with Crippen LogP contribution in [0, 0.1) is 0 Å². The summed E-state index contributed by atoms with van der Waals surface area (Å²) in [5.41, 5.74) is 1.23. The summed E-state index contributed by atoms with van der Waals surface area (Å²) in [6.07, 6.45) is 2.68. The predicted octanol–water partition coefficient (Wildman–Crippen LogP) is 2.72. The van der Waals surface area contributed by atoms with Crippen molar-refractivity contribution in [2.45, 2.75) is 25.5 Å². The zero-order valence-corrected chi connectivity index (χ0v) is 10.3. The van der Waals surface area contributed by atoms with Crippen LogP contribution >= 0.6 is 15.9 Å². The SMILES string of the molecule is Brc1ccc(COCCNC2CC2)cc1. The van der Waals surface area contributed by atoms with E-state index in [1.54, 1.807) is 0 Å². The summed E-state index contributed by atoms with van der Waals surface area (Å²) in [4.78, 5) is 0. The second-order valence-corrected chi connectivity index (χ2v) is 4.82. The molecule has 0 unspecified atom stereocenters. The molecular formula is C12H16BrNO. The first-order chi connectivity index (χ1) is 7.34. The van der Waals surface area contributed by atoms with Crippen molar-refractivity contribution in [1.82, 2.24) is 5.32 Å². The monoisotopic (exact) mass is 269 g/mol. The van der Waals surface area contributed by atoms with Crippen LogP contribution in [0.25, 0.3) is 0 Å². The second-order valence-electron chi connectivity index (χ2n) is 3.91. The van der Waals surface area contributed by atoms with E-state index in [-0.39, 0.29) is 0 Å². The highest BCUT2D eigenvalue weighted by Gasteiger charge is 2.19. The highest BCUT2D eigenvalue weighted by molar-refractivity contribution is 9.10. The third kappa shape index (κ3) is 4.33. The van der Waals surface area contributed by atoms with Crippen molar-refractivity contribution in [1.29, 1.82) is 0 Å². The third-order valence-corrected chi connectivity index (χ3v) is 2.97. The molecule has 82 valence electrons. The highest BCUT2D eigenvalue weighted by atomic mass is 79.9. The van der Waals surface area contributed by atoms with Gasteiger partial charge in [0.15, 0.2) is 0 Å². The number of hydrogen-bond acceptors (Lipinski definition) is 2. The van der Waals surface area contributed by atoms with Gasteiger partial charge in [-0.3, -0.25) is 0 Å². The first-order valence-corrected chi connectivity index (χ1v) is 6.19. The molecule has 3 heteroatoms. The first-order valence-electron chi connectivity index (χ1n) is 5.40. The predicted molar refractivity (Wildman–Crippen MR) is 64.8 cm³/mol. The molecule has 0 aromatic heterocycles. The van der Waals surface area contributed by atoms with E-state index in [1.165, 1.54) is 18.4 Å². The van der Waals surface area contributed by atoms with Crippen molar-refractivity contribution in [3.63, 3.8) is 0 Å². The molecule has 2 nitrogen and oxygen atoms in total. The summed E-state index contributed by atoms with van der Waals surface area (Å²) in [6, 6.07) is 9.03. The van der Waals surface area contributed by atoms with Gasteiger partial charge in [0.2, 0.25) is 0 Å². The lowest BCUT2D eigenvalue weighted by Crippen LogP contribution is -2.21. The molecule has 0 saturated heterocycles. The molecule has 1 aromatic carbocycles. The zero-order chi connectivity index (χ0) is 10.5. The lowest BCUT2D eigenvalue weighted by atomic mass is 10.2. The summed E-state index contributed by atoms with van der Waals surface area (Å²) in [5.74, 6) is 0. The summed E-state index contributed by atoms with van der Waals surface area (Å²) in [6.45, 7) is 2.48. The Bertz CT molecular complexity index is 295.